The second kappa shape index (κ2) is 5.62. The summed E-state index contributed by atoms with van der Waals surface area (Å²) in [5.41, 5.74) is 1.53. The molecule has 0 radical (unpaired) electrons. The molecule has 0 bridgehead atoms. The number of carbonyl (C=O) groups excluding carboxylic acids is 2. The highest BCUT2D eigenvalue weighted by Gasteiger charge is 2.40. The molecule has 2 fully saturated rings. The highest BCUT2D eigenvalue weighted by atomic mass is 16.2. The van der Waals surface area contributed by atoms with Gasteiger partial charge in [-0.2, -0.15) is 5.10 Å². The standard InChI is InChI=1S/C16H23N3O2/c1-3-19-14(10-11(2)17-19)16(21)18-9-5-7-13(18)12-6-4-8-15(12)20/h10,12-13H,3-9H2,1-2H3. The molecule has 1 aliphatic heterocycles. The third kappa shape index (κ3) is 2.49. The Kier molecular flexibility index (Phi) is 3.83. The number of nitrogens with zero attached hydrogens (tertiary/aromatic N) is 3. The van der Waals surface area contributed by atoms with Crippen LogP contribution >= 0.6 is 0 Å². The summed E-state index contributed by atoms with van der Waals surface area (Å²) in [5.74, 6) is 0.454. The van der Waals surface area contributed by atoms with Gasteiger partial charge in [-0.15, -0.1) is 0 Å². The van der Waals surface area contributed by atoms with E-state index in [1.807, 2.05) is 24.8 Å². The number of rotatable bonds is 3. The second-order valence-corrected chi connectivity index (χ2v) is 6.16. The van der Waals surface area contributed by atoms with Crippen LogP contribution in [0.5, 0.6) is 0 Å². The van der Waals surface area contributed by atoms with Crippen LogP contribution < -0.4 is 0 Å². The van der Waals surface area contributed by atoms with E-state index in [9.17, 15) is 9.59 Å². The number of hydrogen-bond donors (Lipinski definition) is 0. The summed E-state index contributed by atoms with van der Waals surface area (Å²) < 4.78 is 1.77. The normalized spacial score (nSPS) is 25.8. The van der Waals surface area contributed by atoms with E-state index in [0.717, 1.165) is 37.9 Å². The molecule has 5 nitrogen and oxygen atoms in total. The van der Waals surface area contributed by atoms with Crippen molar-refractivity contribution >= 4 is 11.7 Å². The van der Waals surface area contributed by atoms with E-state index < -0.39 is 0 Å². The van der Waals surface area contributed by atoms with Crippen LogP contribution in [0.3, 0.4) is 0 Å². The maximum atomic E-state index is 12.9. The van der Waals surface area contributed by atoms with Crippen molar-refractivity contribution in [2.24, 2.45) is 5.92 Å². The molecular formula is C16H23N3O2. The molecule has 1 aromatic heterocycles. The van der Waals surface area contributed by atoms with E-state index in [1.165, 1.54) is 0 Å². The molecule has 1 aromatic rings. The van der Waals surface area contributed by atoms with Crippen LogP contribution in [0.4, 0.5) is 0 Å². The van der Waals surface area contributed by atoms with E-state index in [-0.39, 0.29) is 17.9 Å². The molecule has 0 N–H and O–H groups in total. The fourth-order valence-electron chi connectivity index (χ4n) is 3.82. The topological polar surface area (TPSA) is 55.2 Å². The van der Waals surface area contributed by atoms with Crippen LogP contribution in [0.25, 0.3) is 0 Å². The summed E-state index contributed by atoms with van der Waals surface area (Å²) in [6, 6.07) is 1.96. The van der Waals surface area contributed by atoms with Gasteiger partial charge >= 0.3 is 0 Å². The summed E-state index contributed by atoms with van der Waals surface area (Å²) in [4.78, 5) is 26.8. The van der Waals surface area contributed by atoms with Crippen molar-refractivity contribution in [2.45, 2.75) is 58.5 Å². The lowest BCUT2D eigenvalue weighted by atomic mass is 9.95. The summed E-state index contributed by atoms with van der Waals surface area (Å²) in [6.45, 7) is 5.35. The fraction of sp³-hybridized carbons (Fsp3) is 0.688. The van der Waals surface area contributed by atoms with Gasteiger partial charge in [-0.3, -0.25) is 14.3 Å². The highest BCUT2D eigenvalue weighted by Crippen LogP contribution is 2.34. The molecule has 114 valence electrons. The lowest BCUT2D eigenvalue weighted by Gasteiger charge is -2.28. The lowest BCUT2D eigenvalue weighted by Crippen LogP contribution is -2.42. The Balaban J connectivity index is 1.84. The van der Waals surface area contributed by atoms with Gasteiger partial charge in [0.15, 0.2) is 0 Å². The highest BCUT2D eigenvalue weighted by molar-refractivity contribution is 5.94. The Labute approximate surface area is 125 Å². The average Bonchev–Trinajstić information content (AvgIpc) is 3.16. The third-order valence-corrected chi connectivity index (χ3v) is 4.80. The largest absolute Gasteiger partial charge is 0.334 e. The van der Waals surface area contributed by atoms with Gasteiger partial charge in [-0.1, -0.05) is 0 Å². The minimum absolute atomic E-state index is 0.0413. The molecule has 21 heavy (non-hydrogen) atoms. The van der Waals surface area contributed by atoms with Gasteiger partial charge in [0.05, 0.1) is 5.69 Å². The molecule has 1 amide bonds. The molecule has 0 aromatic carbocycles. The quantitative estimate of drug-likeness (QED) is 0.857. The molecule has 5 heteroatoms. The van der Waals surface area contributed by atoms with Crippen molar-refractivity contribution in [2.75, 3.05) is 6.54 Å². The van der Waals surface area contributed by atoms with E-state index in [2.05, 4.69) is 5.10 Å². The third-order valence-electron chi connectivity index (χ3n) is 4.80. The predicted molar refractivity (Wildman–Crippen MR) is 79.0 cm³/mol. The number of ketones is 1. The fourth-order valence-corrected chi connectivity index (χ4v) is 3.82. The van der Waals surface area contributed by atoms with Crippen molar-refractivity contribution in [1.29, 1.82) is 0 Å². The summed E-state index contributed by atoms with van der Waals surface area (Å²) in [7, 11) is 0. The second-order valence-electron chi connectivity index (χ2n) is 6.16. The zero-order valence-electron chi connectivity index (χ0n) is 12.8. The molecule has 0 spiro atoms. The van der Waals surface area contributed by atoms with Crippen molar-refractivity contribution in [1.82, 2.24) is 14.7 Å². The molecule has 3 rings (SSSR count). The zero-order chi connectivity index (χ0) is 15.0. The monoisotopic (exact) mass is 289 g/mol. The molecule has 2 heterocycles. The SMILES string of the molecule is CCn1nc(C)cc1C(=O)N1CCCC1C1CCCC1=O. The minimum Gasteiger partial charge on any atom is -0.334 e. The van der Waals surface area contributed by atoms with Crippen LogP contribution in [0, 0.1) is 12.8 Å². The first-order chi connectivity index (χ1) is 10.1. The Bertz CT molecular complexity index is 564. The van der Waals surface area contributed by atoms with Gasteiger partial charge in [0, 0.05) is 31.5 Å². The Hall–Kier alpha value is -1.65. The molecule has 1 saturated carbocycles. The van der Waals surface area contributed by atoms with Crippen LogP contribution in [-0.4, -0.2) is 39.0 Å². The van der Waals surface area contributed by atoms with Gasteiger partial charge < -0.3 is 4.90 Å². The van der Waals surface area contributed by atoms with Gasteiger partial charge in [-0.25, -0.2) is 0 Å². The van der Waals surface area contributed by atoms with Crippen molar-refractivity contribution in [3.63, 3.8) is 0 Å². The van der Waals surface area contributed by atoms with Crippen molar-refractivity contribution < 1.29 is 9.59 Å². The number of likely N-dealkylation sites (tertiary alicyclic amines) is 1. The maximum Gasteiger partial charge on any atom is 0.272 e. The van der Waals surface area contributed by atoms with Gasteiger partial charge in [0.2, 0.25) is 0 Å². The number of aromatic nitrogens is 2. The number of aryl methyl sites for hydroxylation is 2. The van der Waals surface area contributed by atoms with Crippen LogP contribution in [-0.2, 0) is 11.3 Å². The molecule has 2 atom stereocenters. The molecule has 1 aliphatic carbocycles. The first kappa shape index (κ1) is 14.3. The van der Waals surface area contributed by atoms with E-state index in [1.54, 1.807) is 4.68 Å². The maximum absolute atomic E-state index is 12.9. The summed E-state index contributed by atoms with van der Waals surface area (Å²) in [6.07, 6.45) is 4.57. The summed E-state index contributed by atoms with van der Waals surface area (Å²) in [5, 5.41) is 4.36. The van der Waals surface area contributed by atoms with Crippen LogP contribution in [0.15, 0.2) is 6.07 Å². The van der Waals surface area contributed by atoms with E-state index in [4.69, 9.17) is 0 Å². The number of carbonyl (C=O) groups is 2. The molecule has 1 saturated heterocycles. The van der Waals surface area contributed by atoms with Crippen LogP contribution in [0.1, 0.15) is 55.2 Å². The first-order valence-corrected chi connectivity index (χ1v) is 8.00. The molecule has 2 unspecified atom stereocenters. The smallest absolute Gasteiger partial charge is 0.272 e. The Morgan fingerprint density at radius 2 is 2.19 bits per heavy atom. The Morgan fingerprint density at radius 1 is 1.38 bits per heavy atom. The zero-order valence-corrected chi connectivity index (χ0v) is 12.8. The minimum atomic E-state index is 0.0413. The number of amides is 1. The van der Waals surface area contributed by atoms with Gasteiger partial charge in [0.25, 0.3) is 5.91 Å². The lowest BCUT2D eigenvalue weighted by molar-refractivity contribution is -0.121. The molecular weight excluding hydrogens is 266 g/mol. The van der Waals surface area contributed by atoms with Crippen molar-refractivity contribution in [3.05, 3.63) is 17.5 Å². The van der Waals surface area contributed by atoms with Crippen LogP contribution in [0.2, 0.25) is 0 Å². The van der Waals surface area contributed by atoms with E-state index in [0.29, 0.717) is 24.4 Å². The van der Waals surface area contributed by atoms with Gasteiger partial charge in [-0.05, 0) is 45.6 Å². The summed E-state index contributed by atoms with van der Waals surface area (Å²) >= 11 is 0. The van der Waals surface area contributed by atoms with Crippen molar-refractivity contribution in [3.8, 4) is 0 Å². The van der Waals surface area contributed by atoms with E-state index >= 15 is 0 Å². The average molecular weight is 289 g/mol. The molecule has 2 aliphatic rings. The number of hydrogen-bond acceptors (Lipinski definition) is 3. The Morgan fingerprint density at radius 3 is 2.86 bits per heavy atom. The first-order valence-electron chi connectivity index (χ1n) is 8.00. The predicted octanol–water partition coefficient (Wildman–Crippen LogP) is 2.19. The van der Waals surface area contributed by atoms with Gasteiger partial charge in [0.1, 0.15) is 11.5 Å². The number of Topliss-reactive ketones (excluding diaryl/α,β-unsaturated/α-hetero) is 1.